The molecular weight excluding hydrogens is 231 g/mol. The van der Waals surface area contributed by atoms with Gasteiger partial charge in [-0.2, -0.15) is 5.10 Å². The molecule has 0 fully saturated rings. The molecule has 3 nitrogen and oxygen atoms in total. The van der Waals surface area contributed by atoms with Crippen molar-refractivity contribution in [3.05, 3.63) is 59.9 Å². The average Bonchev–Trinajstić information content (AvgIpc) is 2.41. The minimum atomic E-state index is -0.266. The number of nitrogens with zero attached hydrogens (tertiary/aromatic N) is 1. The smallest absolute Gasteiger partial charge is 0.123 e. The molecule has 0 aliphatic carbocycles. The van der Waals surface area contributed by atoms with Gasteiger partial charge in [-0.1, -0.05) is 12.1 Å². The molecule has 0 atom stereocenters. The molecule has 0 saturated carbocycles. The maximum atomic E-state index is 12.7. The maximum absolute atomic E-state index is 12.7. The molecule has 4 heteroatoms. The lowest BCUT2D eigenvalue weighted by atomic mass is 10.2. The highest BCUT2D eigenvalue weighted by atomic mass is 19.1. The predicted octanol–water partition coefficient (Wildman–Crippen LogP) is 3.28. The van der Waals surface area contributed by atoms with E-state index in [1.807, 2.05) is 24.3 Å². The molecule has 0 saturated heterocycles. The first-order chi connectivity index (χ1) is 8.78. The molecule has 0 aromatic heterocycles. The van der Waals surface area contributed by atoms with Crippen LogP contribution in [-0.4, -0.2) is 13.3 Å². The largest absolute Gasteiger partial charge is 0.497 e. The van der Waals surface area contributed by atoms with E-state index in [2.05, 4.69) is 10.5 Å². The van der Waals surface area contributed by atoms with E-state index in [-0.39, 0.29) is 5.82 Å². The van der Waals surface area contributed by atoms with Gasteiger partial charge in [0.15, 0.2) is 0 Å². The van der Waals surface area contributed by atoms with Crippen molar-refractivity contribution in [3.63, 3.8) is 0 Å². The third-order valence-electron chi connectivity index (χ3n) is 2.35. The number of hydrogen-bond acceptors (Lipinski definition) is 3. The number of rotatable bonds is 4. The van der Waals surface area contributed by atoms with Crippen molar-refractivity contribution in [3.8, 4) is 5.75 Å². The van der Waals surface area contributed by atoms with Crippen LogP contribution in [0.25, 0.3) is 0 Å². The number of anilines is 1. The van der Waals surface area contributed by atoms with Crippen LogP contribution in [0.4, 0.5) is 10.1 Å². The van der Waals surface area contributed by atoms with Gasteiger partial charge in [0.1, 0.15) is 11.6 Å². The summed E-state index contributed by atoms with van der Waals surface area (Å²) in [7, 11) is 1.62. The molecule has 0 unspecified atom stereocenters. The molecular formula is C14H13FN2O. The highest BCUT2D eigenvalue weighted by Gasteiger charge is 1.93. The molecule has 0 amide bonds. The second-order valence-corrected chi connectivity index (χ2v) is 3.65. The summed E-state index contributed by atoms with van der Waals surface area (Å²) in [6.07, 6.45) is 1.67. The monoisotopic (exact) mass is 244 g/mol. The Bertz CT molecular complexity index is 538. The number of halogens is 1. The zero-order valence-corrected chi connectivity index (χ0v) is 9.93. The minimum absolute atomic E-state index is 0.266. The molecule has 0 aliphatic rings. The second-order valence-electron chi connectivity index (χ2n) is 3.65. The van der Waals surface area contributed by atoms with Gasteiger partial charge in [-0.15, -0.1) is 0 Å². The Kier molecular flexibility index (Phi) is 3.91. The lowest BCUT2D eigenvalue weighted by Gasteiger charge is -2.01. The van der Waals surface area contributed by atoms with Crippen LogP contribution in [0.3, 0.4) is 0 Å². The highest BCUT2D eigenvalue weighted by molar-refractivity contribution is 5.80. The second kappa shape index (κ2) is 5.82. The van der Waals surface area contributed by atoms with Gasteiger partial charge in [0.25, 0.3) is 0 Å². The van der Waals surface area contributed by atoms with Gasteiger partial charge in [-0.05, 0) is 42.0 Å². The number of ether oxygens (including phenoxy) is 1. The number of benzene rings is 2. The van der Waals surface area contributed by atoms with E-state index < -0.39 is 0 Å². The van der Waals surface area contributed by atoms with Gasteiger partial charge in [0.05, 0.1) is 19.0 Å². The van der Waals surface area contributed by atoms with Gasteiger partial charge >= 0.3 is 0 Å². The van der Waals surface area contributed by atoms with Crippen molar-refractivity contribution in [2.24, 2.45) is 5.10 Å². The summed E-state index contributed by atoms with van der Waals surface area (Å²) in [6.45, 7) is 0. The van der Waals surface area contributed by atoms with E-state index >= 15 is 0 Å². The molecule has 2 rings (SSSR count). The summed E-state index contributed by atoms with van der Waals surface area (Å²) in [5, 5.41) is 4.06. The number of hydrogen-bond donors (Lipinski definition) is 1. The van der Waals surface area contributed by atoms with Crippen molar-refractivity contribution in [1.29, 1.82) is 0 Å². The van der Waals surface area contributed by atoms with Gasteiger partial charge < -0.3 is 4.74 Å². The standard InChI is InChI=1S/C14H13FN2O/c1-18-14-4-2-3-11(9-14)10-16-17-13-7-5-12(15)6-8-13/h2-10,17H,1H3. The van der Waals surface area contributed by atoms with E-state index in [1.54, 1.807) is 25.5 Å². The van der Waals surface area contributed by atoms with Crippen LogP contribution in [0.15, 0.2) is 53.6 Å². The molecule has 0 bridgehead atoms. The fraction of sp³-hybridized carbons (Fsp3) is 0.0714. The van der Waals surface area contributed by atoms with E-state index in [1.165, 1.54) is 12.1 Å². The first kappa shape index (κ1) is 12.1. The zero-order valence-electron chi connectivity index (χ0n) is 9.93. The fourth-order valence-corrected chi connectivity index (χ4v) is 1.43. The van der Waals surface area contributed by atoms with Crippen molar-refractivity contribution in [1.82, 2.24) is 0 Å². The Labute approximate surface area is 105 Å². The third-order valence-corrected chi connectivity index (χ3v) is 2.35. The van der Waals surface area contributed by atoms with Crippen molar-refractivity contribution in [2.75, 3.05) is 12.5 Å². The van der Waals surface area contributed by atoms with Crippen molar-refractivity contribution < 1.29 is 9.13 Å². The summed E-state index contributed by atoms with van der Waals surface area (Å²) in [6, 6.07) is 13.5. The predicted molar refractivity (Wildman–Crippen MR) is 70.6 cm³/mol. The molecule has 2 aromatic rings. The molecule has 0 heterocycles. The molecule has 0 spiro atoms. The summed E-state index contributed by atoms with van der Waals surface area (Å²) in [5.74, 6) is 0.512. The quantitative estimate of drug-likeness (QED) is 0.661. The van der Waals surface area contributed by atoms with Crippen LogP contribution >= 0.6 is 0 Å². The molecule has 18 heavy (non-hydrogen) atoms. The Balaban J connectivity index is 2.00. The van der Waals surface area contributed by atoms with Gasteiger partial charge in [-0.25, -0.2) is 4.39 Å². The Morgan fingerprint density at radius 2 is 1.94 bits per heavy atom. The first-order valence-electron chi connectivity index (χ1n) is 5.46. The van der Waals surface area contributed by atoms with E-state index in [0.717, 1.165) is 17.0 Å². The molecule has 0 aliphatic heterocycles. The van der Waals surface area contributed by atoms with Crippen molar-refractivity contribution in [2.45, 2.75) is 0 Å². The topological polar surface area (TPSA) is 33.6 Å². The molecule has 1 N–H and O–H groups in total. The zero-order chi connectivity index (χ0) is 12.8. The maximum Gasteiger partial charge on any atom is 0.123 e. The van der Waals surface area contributed by atoms with Gasteiger partial charge in [0, 0.05) is 0 Å². The molecule has 2 aromatic carbocycles. The van der Waals surface area contributed by atoms with Crippen LogP contribution in [0.5, 0.6) is 5.75 Å². The minimum Gasteiger partial charge on any atom is -0.497 e. The SMILES string of the molecule is COc1cccc(C=NNc2ccc(F)cc2)c1. The summed E-state index contributed by atoms with van der Waals surface area (Å²) in [4.78, 5) is 0. The van der Waals surface area contributed by atoms with Crippen molar-refractivity contribution >= 4 is 11.9 Å². The summed E-state index contributed by atoms with van der Waals surface area (Å²) >= 11 is 0. The number of methoxy groups -OCH3 is 1. The van der Waals surface area contributed by atoms with E-state index in [4.69, 9.17) is 4.74 Å². The lowest BCUT2D eigenvalue weighted by molar-refractivity contribution is 0.415. The average molecular weight is 244 g/mol. The Morgan fingerprint density at radius 3 is 2.67 bits per heavy atom. The third kappa shape index (κ3) is 3.31. The van der Waals surface area contributed by atoms with Crippen LogP contribution in [0, 0.1) is 5.82 Å². The number of hydrazone groups is 1. The van der Waals surface area contributed by atoms with Gasteiger partial charge in [-0.3, -0.25) is 5.43 Å². The first-order valence-corrected chi connectivity index (χ1v) is 5.46. The van der Waals surface area contributed by atoms with Crippen LogP contribution < -0.4 is 10.2 Å². The summed E-state index contributed by atoms with van der Waals surface area (Å²) in [5.41, 5.74) is 4.47. The Morgan fingerprint density at radius 1 is 1.17 bits per heavy atom. The lowest BCUT2D eigenvalue weighted by Crippen LogP contribution is -1.91. The van der Waals surface area contributed by atoms with Crippen LogP contribution in [-0.2, 0) is 0 Å². The van der Waals surface area contributed by atoms with E-state index in [0.29, 0.717) is 0 Å². The Hall–Kier alpha value is -2.36. The highest BCUT2D eigenvalue weighted by Crippen LogP contribution is 2.11. The normalized spacial score (nSPS) is 10.6. The van der Waals surface area contributed by atoms with Gasteiger partial charge in [0.2, 0.25) is 0 Å². The molecule has 92 valence electrons. The summed E-state index contributed by atoms with van der Waals surface area (Å²) < 4.78 is 17.8. The fourth-order valence-electron chi connectivity index (χ4n) is 1.43. The molecule has 0 radical (unpaired) electrons. The number of nitrogens with one attached hydrogen (secondary N) is 1. The van der Waals surface area contributed by atoms with Crippen LogP contribution in [0.1, 0.15) is 5.56 Å². The van der Waals surface area contributed by atoms with E-state index in [9.17, 15) is 4.39 Å². The van der Waals surface area contributed by atoms with Crippen LogP contribution in [0.2, 0.25) is 0 Å².